The van der Waals surface area contributed by atoms with Crippen molar-refractivity contribution in [3.63, 3.8) is 0 Å². The quantitative estimate of drug-likeness (QED) is 0.522. The summed E-state index contributed by atoms with van der Waals surface area (Å²) in [6, 6.07) is 13.9. The molecule has 21 heavy (non-hydrogen) atoms. The summed E-state index contributed by atoms with van der Waals surface area (Å²) in [6.45, 7) is 2.66. The number of halogens is 3. The predicted octanol–water partition coefficient (Wildman–Crippen LogP) is 5.80. The zero-order valence-electron chi connectivity index (χ0n) is 11.4. The highest BCUT2D eigenvalue weighted by molar-refractivity contribution is 9.10. The second-order valence-corrected chi connectivity index (χ2v) is 6.94. The van der Waals surface area contributed by atoms with Crippen molar-refractivity contribution in [2.45, 2.75) is 18.8 Å². The lowest BCUT2D eigenvalue weighted by Crippen LogP contribution is -2.05. The molecule has 2 aromatic carbocycles. The van der Waals surface area contributed by atoms with Gasteiger partial charge >= 0.3 is 0 Å². The molecule has 0 spiro atoms. The Morgan fingerprint density at radius 1 is 1.19 bits per heavy atom. The van der Waals surface area contributed by atoms with Crippen molar-refractivity contribution in [3.8, 4) is 0 Å². The van der Waals surface area contributed by atoms with E-state index in [9.17, 15) is 0 Å². The molecule has 5 heteroatoms. The Balaban J connectivity index is 2.12. The number of benzene rings is 2. The molecule has 0 amide bonds. The standard InChI is InChI=1S/C16H13BrCl2N2/c1-10(18)16-20-14-7-4-12(17)8-15(14)21(16)9-11-2-5-13(19)6-3-11/h2-8,10H,9H2,1H3. The van der Waals surface area contributed by atoms with E-state index in [0.717, 1.165) is 38.5 Å². The van der Waals surface area contributed by atoms with Gasteiger partial charge in [-0.2, -0.15) is 0 Å². The lowest BCUT2D eigenvalue weighted by atomic mass is 10.2. The SMILES string of the molecule is CC(Cl)c1nc2ccc(Br)cc2n1Cc1ccc(Cl)cc1. The van der Waals surface area contributed by atoms with Crippen LogP contribution in [0.25, 0.3) is 11.0 Å². The van der Waals surface area contributed by atoms with E-state index in [1.165, 1.54) is 0 Å². The lowest BCUT2D eigenvalue weighted by molar-refractivity contribution is 0.742. The van der Waals surface area contributed by atoms with Crippen molar-refractivity contribution < 1.29 is 0 Å². The molecule has 0 saturated heterocycles. The maximum absolute atomic E-state index is 6.29. The minimum atomic E-state index is -0.150. The lowest BCUT2D eigenvalue weighted by Gasteiger charge is -2.11. The fourth-order valence-corrected chi connectivity index (χ4v) is 3.00. The molecule has 108 valence electrons. The molecule has 0 bridgehead atoms. The fourth-order valence-electron chi connectivity index (χ4n) is 2.36. The average Bonchev–Trinajstić information content (AvgIpc) is 2.80. The molecule has 1 atom stereocenters. The smallest absolute Gasteiger partial charge is 0.128 e. The minimum absolute atomic E-state index is 0.150. The van der Waals surface area contributed by atoms with Crippen LogP contribution < -0.4 is 0 Å². The molecule has 2 nitrogen and oxygen atoms in total. The van der Waals surface area contributed by atoms with Gasteiger partial charge in [0.25, 0.3) is 0 Å². The third-order valence-corrected chi connectivity index (χ3v) is 4.29. The van der Waals surface area contributed by atoms with Gasteiger partial charge in [0.15, 0.2) is 0 Å². The molecule has 3 aromatic rings. The molecule has 0 aliphatic carbocycles. The zero-order chi connectivity index (χ0) is 15.0. The molecule has 0 fully saturated rings. The molecule has 0 aliphatic heterocycles. The molecular formula is C16H13BrCl2N2. The van der Waals surface area contributed by atoms with E-state index in [1.54, 1.807) is 0 Å². The molecule has 0 radical (unpaired) electrons. The van der Waals surface area contributed by atoms with Crippen LogP contribution in [0.5, 0.6) is 0 Å². The summed E-state index contributed by atoms with van der Waals surface area (Å²) in [4.78, 5) is 4.65. The zero-order valence-corrected chi connectivity index (χ0v) is 14.5. The van der Waals surface area contributed by atoms with Crippen LogP contribution in [0.2, 0.25) is 5.02 Å². The van der Waals surface area contributed by atoms with Gasteiger partial charge in [0.2, 0.25) is 0 Å². The highest BCUT2D eigenvalue weighted by Gasteiger charge is 2.15. The van der Waals surface area contributed by atoms with E-state index in [-0.39, 0.29) is 5.38 Å². The number of fused-ring (bicyclic) bond motifs is 1. The van der Waals surface area contributed by atoms with Gasteiger partial charge in [0.05, 0.1) is 16.4 Å². The summed E-state index contributed by atoms with van der Waals surface area (Å²) in [5.41, 5.74) is 3.19. The maximum atomic E-state index is 6.29. The van der Waals surface area contributed by atoms with Crippen molar-refractivity contribution in [3.05, 3.63) is 63.3 Å². The highest BCUT2D eigenvalue weighted by Crippen LogP contribution is 2.27. The molecule has 0 aliphatic rings. The predicted molar refractivity (Wildman–Crippen MR) is 92.3 cm³/mol. The molecule has 3 rings (SSSR count). The van der Waals surface area contributed by atoms with Gasteiger partial charge in [0, 0.05) is 16.0 Å². The van der Waals surface area contributed by atoms with Crippen molar-refractivity contribution in [2.75, 3.05) is 0 Å². The first-order valence-corrected chi connectivity index (χ1v) is 8.19. The number of nitrogens with zero attached hydrogens (tertiary/aromatic N) is 2. The van der Waals surface area contributed by atoms with Crippen LogP contribution in [0.3, 0.4) is 0 Å². The Kier molecular flexibility index (Phi) is 4.25. The van der Waals surface area contributed by atoms with Crippen LogP contribution >= 0.6 is 39.1 Å². The Morgan fingerprint density at radius 3 is 2.57 bits per heavy atom. The summed E-state index contributed by atoms with van der Waals surface area (Å²) in [5.74, 6) is 0.875. The number of aromatic nitrogens is 2. The van der Waals surface area contributed by atoms with Gasteiger partial charge in [-0.05, 0) is 42.8 Å². The van der Waals surface area contributed by atoms with Crippen LogP contribution in [0.4, 0.5) is 0 Å². The molecule has 0 N–H and O–H groups in total. The largest absolute Gasteiger partial charge is 0.322 e. The number of alkyl halides is 1. The van der Waals surface area contributed by atoms with Crippen molar-refractivity contribution >= 4 is 50.2 Å². The molecule has 1 aromatic heterocycles. The fraction of sp³-hybridized carbons (Fsp3) is 0.188. The van der Waals surface area contributed by atoms with Gasteiger partial charge in [-0.25, -0.2) is 4.98 Å². The number of hydrogen-bond donors (Lipinski definition) is 0. The van der Waals surface area contributed by atoms with Crippen LogP contribution in [-0.4, -0.2) is 9.55 Å². The van der Waals surface area contributed by atoms with Gasteiger partial charge in [-0.3, -0.25) is 0 Å². The van der Waals surface area contributed by atoms with E-state index in [2.05, 4.69) is 31.5 Å². The first-order valence-electron chi connectivity index (χ1n) is 6.59. The van der Waals surface area contributed by atoms with Gasteiger partial charge in [-0.1, -0.05) is 39.7 Å². The van der Waals surface area contributed by atoms with Crippen LogP contribution in [0.1, 0.15) is 23.7 Å². The van der Waals surface area contributed by atoms with Gasteiger partial charge in [-0.15, -0.1) is 11.6 Å². The normalized spacial score (nSPS) is 12.8. The molecule has 1 unspecified atom stereocenters. The summed E-state index contributed by atoms with van der Waals surface area (Å²) < 4.78 is 3.18. The topological polar surface area (TPSA) is 17.8 Å². The Labute approximate surface area is 141 Å². The number of hydrogen-bond acceptors (Lipinski definition) is 1. The van der Waals surface area contributed by atoms with E-state index < -0.39 is 0 Å². The van der Waals surface area contributed by atoms with Gasteiger partial charge in [0.1, 0.15) is 5.82 Å². The second kappa shape index (κ2) is 5.99. The van der Waals surface area contributed by atoms with E-state index in [1.807, 2.05) is 43.3 Å². The average molecular weight is 384 g/mol. The van der Waals surface area contributed by atoms with Crippen molar-refractivity contribution in [1.29, 1.82) is 0 Å². The van der Waals surface area contributed by atoms with Crippen molar-refractivity contribution in [1.82, 2.24) is 9.55 Å². The number of rotatable bonds is 3. The van der Waals surface area contributed by atoms with Crippen molar-refractivity contribution in [2.24, 2.45) is 0 Å². The Morgan fingerprint density at radius 2 is 1.90 bits per heavy atom. The van der Waals surface area contributed by atoms with E-state index in [4.69, 9.17) is 23.2 Å². The molecule has 1 heterocycles. The first-order chi connectivity index (χ1) is 10.0. The molecular weight excluding hydrogens is 371 g/mol. The summed E-state index contributed by atoms with van der Waals surface area (Å²) in [7, 11) is 0. The van der Waals surface area contributed by atoms with Crippen LogP contribution in [0, 0.1) is 0 Å². The van der Waals surface area contributed by atoms with Crippen LogP contribution in [0.15, 0.2) is 46.9 Å². The minimum Gasteiger partial charge on any atom is -0.322 e. The third kappa shape index (κ3) is 3.10. The van der Waals surface area contributed by atoms with E-state index >= 15 is 0 Å². The summed E-state index contributed by atoms with van der Waals surface area (Å²) in [5, 5.41) is 0.589. The number of imidazole rings is 1. The monoisotopic (exact) mass is 382 g/mol. The maximum Gasteiger partial charge on any atom is 0.128 e. The Bertz CT molecular complexity index is 779. The third-order valence-electron chi connectivity index (χ3n) is 3.35. The van der Waals surface area contributed by atoms with Gasteiger partial charge < -0.3 is 4.57 Å². The summed E-state index contributed by atoms with van der Waals surface area (Å²) in [6.07, 6.45) is 0. The first kappa shape index (κ1) is 14.9. The summed E-state index contributed by atoms with van der Waals surface area (Å²) >= 11 is 15.8. The molecule has 0 saturated carbocycles. The Hall–Kier alpha value is -1.03. The van der Waals surface area contributed by atoms with Crippen LogP contribution in [-0.2, 0) is 6.54 Å². The second-order valence-electron chi connectivity index (χ2n) is 4.93. The van der Waals surface area contributed by atoms with E-state index in [0.29, 0.717) is 0 Å². The highest BCUT2D eigenvalue weighted by atomic mass is 79.9.